The fraction of sp³-hybridized carbons (Fsp3) is 0.730. The predicted octanol–water partition coefficient (Wildman–Crippen LogP) is 19.5. The lowest BCUT2D eigenvalue weighted by molar-refractivity contribution is -0.167. The van der Waals surface area contributed by atoms with Gasteiger partial charge in [-0.1, -0.05) is 221 Å². The Balaban J connectivity index is 4.47. The summed E-state index contributed by atoms with van der Waals surface area (Å²) in [6, 6.07) is 0. The zero-order valence-electron chi connectivity index (χ0n) is 45.3. The topological polar surface area (TPSA) is 78.9 Å². The zero-order valence-corrected chi connectivity index (χ0v) is 45.3. The molecule has 6 nitrogen and oxygen atoms in total. The lowest BCUT2D eigenvalue weighted by Crippen LogP contribution is -2.30. The molecule has 0 bridgehead atoms. The highest BCUT2D eigenvalue weighted by molar-refractivity contribution is 5.71. The van der Waals surface area contributed by atoms with Crippen molar-refractivity contribution in [3.05, 3.63) is 85.1 Å². The minimum atomic E-state index is -0.801. The predicted molar refractivity (Wildman–Crippen MR) is 297 cm³/mol. The van der Waals surface area contributed by atoms with Gasteiger partial charge in [0.1, 0.15) is 13.2 Å². The summed E-state index contributed by atoms with van der Waals surface area (Å²) in [5, 5.41) is 0. The van der Waals surface area contributed by atoms with Crippen LogP contribution in [0.25, 0.3) is 0 Å². The van der Waals surface area contributed by atoms with Crippen LogP contribution in [0.2, 0.25) is 0 Å². The molecule has 0 aliphatic carbocycles. The van der Waals surface area contributed by atoms with Crippen molar-refractivity contribution in [1.82, 2.24) is 0 Å². The fourth-order valence-corrected chi connectivity index (χ4v) is 7.92. The van der Waals surface area contributed by atoms with Gasteiger partial charge in [-0.25, -0.2) is 0 Å². The Hall–Kier alpha value is -3.41. The summed E-state index contributed by atoms with van der Waals surface area (Å²) in [6.07, 6.45) is 74.2. The Morgan fingerprint density at radius 1 is 0.290 bits per heavy atom. The molecule has 0 amide bonds. The molecule has 0 saturated carbocycles. The van der Waals surface area contributed by atoms with Crippen molar-refractivity contribution in [3.8, 4) is 0 Å². The molecular weight excluding hydrogens is 853 g/mol. The van der Waals surface area contributed by atoms with E-state index in [1.165, 1.54) is 135 Å². The van der Waals surface area contributed by atoms with Crippen LogP contribution in [0.1, 0.15) is 278 Å². The second-order valence-electron chi connectivity index (χ2n) is 19.2. The monoisotopic (exact) mass is 961 g/mol. The smallest absolute Gasteiger partial charge is 0.306 e. The molecule has 0 radical (unpaired) electrons. The highest BCUT2D eigenvalue weighted by atomic mass is 16.6. The number of unbranched alkanes of at least 4 members (excludes halogenated alkanes) is 27. The second kappa shape index (κ2) is 57.2. The average molecular weight is 962 g/mol. The molecule has 0 aromatic heterocycles. The molecule has 0 aromatic rings. The summed E-state index contributed by atoms with van der Waals surface area (Å²) in [5.41, 5.74) is 0. The van der Waals surface area contributed by atoms with Gasteiger partial charge in [-0.2, -0.15) is 0 Å². The summed E-state index contributed by atoms with van der Waals surface area (Å²) >= 11 is 0. The maximum Gasteiger partial charge on any atom is 0.306 e. The molecule has 0 aliphatic heterocycles. The van der Waals surface area contributed by atoms with E-state index in [1.54, 1.807) is 0 Å². The van der Waals surface area contributed by atoms with E-state index in [2.05, 4.69) is 106 Å². The standard InChI is InChI=1S/C63H108O6/c1-4-7-10-13-16-19-22-25-28-30-31-33-36-39-42-45-48-51-54-57-63(66)69-60(58-67-61(64)55-52-49-46-43-40-37-34-27-24-21-18-15-12-9-6-3)59-68-62(65)56-53-50-47-44-41-38-35-32-29-26-23-20-17-14-11-8-5-2/h16-17,19-20,25-29,31,33-34,39,42,60H,4-15,18,21-24,30,32,35-38,40-41,43-59H2,1-3H3/b19-16-,20-17-,28-25-,29-26-,33-31-,34-27-,42-39-/t60-/m0/s1. The van der Waals surface area contributed by atoms with Crippen LogP contribution in [-0.2, 0) is 28.6 Å². The summed E-state index contributed by atoms with van der Waals surface area (Å²) in [6.45, 7) is 6.55. The van der Waals surface area contributed by atoms with Gasteiger partial charge in [-0.3, -0.25) is 14.4 Å². The largest absolute Gasteiger partial charge is 0.462 e. The minimum absolute atomic E-state index is 0.0962. The third-order valence-electron chi connectivity index (χ3n) is 12.3. The van der Waals surface area contributed by atoms with Gasteiger partial charge < -0.3 is 14.2 Å². The number of esters is 3. The van der Waals surface area contributed by atoms with Crippen LogP contribution in [0.3, 0.4) is 0 Å². The first kappa shape index (κ1) is 65.6. The van der Waals surface area contributed by atoms with Crippen LogP contribution >= 0.6 is 0 Å². The van der Waals surface area contributed by atoms with Crippen LogP contribution in [0, 0.1) is 0 Å². The van der Waals surface area contributed by atoms with E-state index in [0.717, 1.165) is 103 Å². The molecule has 6 heteroatoms. The van der Waals surface area contributed by atoms with Gasteiger partial charge in [0.15, 0.2) is 6.10 Å². The first-order valence-electron chi connectivity index (χ1n) is 29.1. The number of carbonyl (C=O) groups is 3. The van der Waals surface area contributed by atoms with Gasteiger partial charge in [0.25, 0.3) is 0 Å². The molecule has 1 atom stereocenters. The number of hydrogen-bond donors (Lipinski definition) is 0. The van der Waals surface area contributed by atoms with Gasteiger partial charge in [0.05, 0.1) is 0 Å². The Labute approximate surface area is 426 Å². The summed E-state index contributed by atoms with van der Waals surface area (Å²) in [4.78, 5) is 38.2. The minimum Gasteiger partial charge on any atom is -0.462 e. The van der Waals surface area contributed by atoms with E-state index in [0.29, 0.717) is 12.8 Å². The van der Waals surface area contributed by atoms with Crippen molar-refractivity contribution in [1.29, 1.82) is 0 Å². The van der Waals surface area contributed by atoms with Gasteiger partial charge >= 0.3 is 17.9 Å². The van der Waals surface area contributed by atoms with Crippen molar-refractivity contribution in [3.63, 3.8) is 0 Å². The van der Waals surface area contributed by atoms with E-state index in [-0.39, 0.29) is 37.5 Å². The molecule has 0 rings (SSSR count). The summed E-state index contributed by atoms with van der Waals surface area (Å²) in [7, 11) is 0. The van der Waals surface area contributed by atoms with E-state index >= 15 is 0 Å². The molecule has 0 heterocycles. The molecule has 0 spiro atoms. The van der Waals surface area contributed by atoms with E-state index in [9.17, 15) is 14.4 Å². The number of rotatable bonds is 52. The molecule has 0 N–H and O–H groups in total. The van der Waals surface area contributed by atoms with E-state index in [1.807, 2.05) is 0 Å². The summed E-state index contributed by atoms with van der Waals surface area (Å²) in [5.74, 6) is -0.937. The van der Waals surface area contributed by atoms with Crippen LogP contribution < -0.4 is 0 Å². The number of hydrogen-bond acceptors (Lipinski definition) is 6. The Morgan fingerprint density at radius 2 is 0.522 bits per heavy atom. The van der Waals surface area contributed by atoms with Crippen molar-refractivity contribution < 1.29 is 28.6 Å². The first-order valence-corrected chi connectivity index (χ1v) is 29.1. The molecule has 0 unspecified atom stereocenters. The third-order valence-corrected chi connectivity index (χ3v) is 12.3. The van der Waals surface area contributed by atoms with E-state index in [4.69, 9.17) is 14.2 Å². The maximum atomic E-state index is 12.9. The molecular formula is C63H108O6. The Morgan fingerprint density at radius 3 is 0.870 bits per heavy atom. The quantitative estimate of drug-likeness (QED) is 0.0262. The van der Waals surface area contributed by atoms with Crippen molar-refractivity contribution in [2.45, 2.75) is 284 Å². The molecule has 69 heavy (non-hydrogen) atoms. The molecule has 0 aliphatic rings. The Kier molecular flexibility index (Phi) is 54.3. The summed E-state index contributed by atoms with van der Waals surface area (Å²) < 4.78 is 16.8. The lowest BCUT2D eigenvalue weighted by Gasteiger charge is -2.18. The first-order chi connectivity index (χ1) is 34.0. The highest BCUT2D eigenvalue weighted by Crippen LogP contribution is 2.14. The average Bonchev–Trinajstić information content (AvgIpc) is 3.35. The van der Waals surface area contributed by atoms with Crippen LogP contribution in [-0.4, -0.2) is 37.2 Å². The van der Waals surface area contributed by atoms with Gasteiger partial charge in [0, 0.05) is 19.3 Å². The van der Waals surface area contributed by atoms with Crippen LogP contribution in [0.15, 0.2) is 85.1 Å². The Bertz CT molecular complexity index is 1330. The normalized spacial score (nSPS) is 12.7. The third kappa shape index (κ3) is 55.4. The van der Waals surface area contributed by atoms with Crippen LogP contribution in [0.5, 0.6) is 0 Å². The second-order valence-corrected chi connectivity index (χ2v) is 19.2. The number of ether oxygens (including phenoxy) is 3. The highest BCUT2D eigenvalue weighted by Gasteiger charge is 2.19. The maximum absolute atomic E-state index is 12.9. The fourth-order valence-electron chi connectivity index (χ4n) is 7.92. The number of allylic oxidation sites excluding steroid dienone is 14. The molecule has 0 aromatic carbocycles. The molecule has 396 valence electrons. The molecule has 0 saturated heterocycles. The SMILES string of the molecule is CCCCC/C=C\C/C=C\C/C=C\C/C=C\CCCCCC(=O)O[C@@H](COC(=O)CCCCCCC/C=C\CCCCCCCC)COC(=O)CCCCCCCCC/C=C\C/C=C\CCCCC. The molecule has 0 fully saturated rings. The van der Waals surface area contributed by atoms with Crippen molar-refractivity contribution in [2.24, 2.45) is 0 Å². The van der Waals surface area contributed by atoms with Gasteiger partial charge in [-0.15, -0.1) is 0 Å². The van der Waals surface area contributed by atoms with Crippen molar-refractivity contribution in [2.75, 3.05) is 13.2 Å². The zero-order chi connectivity index (χ0) is 50.0. The van der Waals surface area contributed by atoms with E-state index < -0.39 is 6.10 Å². The van der Waals surface area contributed by atoms with Crippen LogP contribution in [0.4, 0.5) is 0 Å². The lowest BCUT2D eigenvalue weighted by atomic mass is 10.1. The van der Waals surface area contributed by atoms with Gasteiger partial charge in [-0.05, 0) is 122 Å². The number of carbonyl (C=O) groups excluding carboxylic acids is 3. The van der Waals surface area contributed by atoms with Crippen molar-refractivity contribution >= 4 is 17.9 Å². The van der Waals surface area contributed by atoms with Gasteiger partial charge in [0.2, 0.25) is 0 Å².